The van der Waals surface area contributed by atoms with E-state index < -0.39 is 5.91 Å². The minimum Gasteiger partial charge on any atom is -0.364 e. The van der Waals surface area contributed by atoms with Gasteiger partial charge in [-0.15, -0.1) is 0 Å². The number of nitriles is 1. The first-order valence-corrected chi connectivity index (χ1v) is 10.1. The standard InChI is InChI=1S/C20H12Br2N5O2/c21-5-4-11(10-28)16-7-14-17(9-25-16)27-19(20(24)29)15(8-23)18(14)26-13-3-1-2-12(22)6-13/h1-4,6-7,9H,5H2,(H2,24,29)(H,26,27). The van der Waals surface area contributed by atoms with E-state index >= 15 is 0 Å². The number of pyridine rings is 2. The fourth-order valence-electron chi connectivity index (χ4n) is 2.72. The first kappa shape index (κ1) is 20.6. The Morgan fingerprint density at radius 3 is 2.76 bits per heavy atom. The van der Waals surface area contributed by atoms with E-state index in [0.29, 0.717) is 33.3 Å². The number of hydrogen-bond acceptors (Lipinski definition) is 6. The average Bonchev–Trinajstić information content (AvgIpc) is 2.71. The van der Waals surface area contributed by atoms with Gasteiger partial charge in [0.1, 0.15) is 17.3 Å². The van der Waals surface area contributed by atoms with Crippen LogP contribution in [0.5, 0.6) is 0 Å². The smallest absolute Gasteiger partial charge is 0.268 e. The second-order valence-corrected chi connectivity index (χ2v) is 7.35. The summed E-state index contributed by atoms with van der Waals surface area (Å²) in [5.74, 6) is -0.828. The molecule has 3 N–H and O–H groups in total. The molecule has 0 unspecified atom stereocenters. The summed E-state index contributed by atoms with van der Waals surface area (Å²) in [6, 6.07) is 10.9. The van der Waals surface area contributed by atoms with Crippen LogP contribution >= 0.6 is 31.9 Å². The molecule has 0 aliphatic rings. The third kappa shape index (κ3) is 4.34. The molecule has 1 radical (unpaired) electrons. The molecule has 9 heteroatoms. The van der Waals surface area contributed by atoms with Gasteiger partial charge in [-0.2, -0.15) is 5.26 Å². The first-order valence-electron chi connectivity index (χ1n) is 8.19. The second-order valence-electron chi connectivity index (χ2n) is 5.78. The molecular weight excluding hydrogens is 502 g/mol. The van der Waals surface area contributed by atoms with E-state index in [1.165, 1.54) is 6.20 Å². The molecule has 3 aromatic rings. The van der Waals surface area contributed by atoms with Crippen molar-refractivity contribution in [2.24, 2.45) is 5.73 Å². The number of nitrogens with one attached hydrogen (secondary N) is 1. The molecule has 29 heavy (non-hydrogen) atoms. The van der Waals surface area contributed by atoms with E-state index in [2.05, 4.69) is 47.1 Å². The Kier molecular flexibility index (Phi) is 6.36. The third-order valence-electron chi connectivity index (χ3n) is 3.98. The summed E-state index contributed by atoms with van der Waals surface area (Å²) in [5, 5.41) is 13.8. The molecule has 0 fully saturated rings. The molecule has 0 saturated heterocycles. The largest absolute Gasteiger partial charge is 0.364 e. The van der Waals surface area contributed by atoms with Gasteiger partial charge in [-0.05, 0) is 24.3 Å². The highest BCUT2D eigenvalue weighted by molar-refractivity contribution is 9.10. The zero-order chi connectivity index (χ0) is 21.0. The fourth-order valence-corrected chi connectivity index (χ4v) is 3.44. The Bertz CT molecular complexity index is 1200. The maximum absolute atomic E-state index is 11.9. The summed E-state index contributed by atoms with van der Waals surface area (Å²) in [4.78, 5) is 31.6. The zero-order valence-electron chi connectivity index (χ0n) is 14.7. The van der Waals surface area contributed by atoms with Crippen LogP contribution < -0.4 is 11.1 Å². The minimum absolute atomic E-state index is 0.00299. The van der Waals surface area contributed by atoms with Gasteiger partial charge in [0, 0.05) is 26.4 Å². The molecule has 2 aromatic heterocycles. The van der Waals surface area contributed by atoms with Crippen molar-refractivity contribution in [3.05, 3.63) is 64.0 Å². The van der Waals surface area contributed by atoms with Gasteiger partial charge in [0.25, 0.3) is 5.91 Å². The normalized spacial score (nSPS) is 11.1. The van der Waals surface area contributed by atoms with E-state index in [1.54, 1.807) is 18.2 Å². The lowest BCUT2D eigenvalue weighted by atomic mass is 10.0. The number of rotatable bonds is 6. The van der Waals surface area contributed by atoms with Crippen molar-refractivity contribution >= 4 is 71.9 Å². The molecule has 2 heterocycles. The zero-order valence-corrected chi connectivity index (χ0v) is 17.9. The topological polar surface area (TPSA) is 122 Å². The molecule has 3 rings (SSSR count). The Morgan fingerprint density at radius 2 is 2.14 bits per heavy atom. The van der Waals surface area contributed by atoms with Gasteiger partial charge in [0.2, 0.25) is 6.29 Å². The number of alkyl halides is 1. The summed E-state index contributed by atoms with van der Waals surface area (Å²) in [6.45, 7) is 0. The molecule has 0 bridgehead atoms. The number of nitrogens with zero attached hydrogens (tertiary/aromatic N) is 3. The molecule has 0 aliphatic heterocycles. The lowest BCUT2D eigenvalue weighted by molar-refractivity contribution is 0.0995. The van der Waals surface area contributed by atoms with Crippen molar-refractivity contribution in [3.8, 4) is 6.07 Å². The third-order valence-corrected chi connectivity index (χ3v) is 4.79. The van der Waals surface area contributed by atoms with Crippen LogP contribution in [-0.2, 0) is 4.79 Å². The number of allylic oxidation sites excluding steroid dienone is 2. The van der Waals surface area contributed by atoms with Crippen LogP contribution in [0, 0.1) is 11.3 Å². The van der Waals surface area contributed by atoms with Crippen LogP contribution in [0.15, 0.2) is 47.1 Å². The Morgan fingerprint density at radius 1 is 1.34 bits per heavy atom. The molecule has 0 spiro atoms. The number of aromatic nitrogens is 2. The number of hydrogen-bond donors (Lipinski definition) is 2. The van der Waals surface area contributed by atoms with Crippen molar-refractivity contribution in [2.45, 2.75) is 0 Å². The summed E-state index contributed by atoms with van der Waals surface area (Å²) >= 11 is 6.64. The monoisotopic (exact) mass is 512 g/mol. The number of nitrogens with two attached hydrogens (primary N) is 1. The van der Waals surface area contributed by atoms with Gasteiger partial charge in [-0.25, -0.2) is 4.98 Å². The number of carbonyl (C=O) groups is 1. The predicted molar refractivity (Wildman–Crippen MR) is 118 cm³/mol. The molecular formula is C20H12Br2N5O2. The molecule has 1 aromatic carbocycles. The minimum atomic E-state index is -0.828. The van der Waals surface area contributed by atoms with Crippen LogP contribution in [0.2, 0.25) is 0 Å². The number of amides is 1. The van der Waals surface area contributed by atoms with Gasteiger partial charge in [0.15, 0.2) is 0 Å². The average molecular weight is 514 g/mol. The Labute approximate surface area is 182 Å². The van der Waals surface area contributed by atoms with Gasteiger partial charge in [-0.3, -0.25) is 14.6 Å². The molecule has 0 aliphatic carbocycles. The van der Waals surface area contributed by atoms with E-state index in [4.69, 9.17) is 5.73 Å². The molecule has 0 saturated carbocycles. The van der Waals surface area contributed by atoms with Crippen LogP contribution in [0.3, 0.4) is 0 Å². The molecule has 1 amide bonds. The van der Waals surface area contributed by atoms with E-state index in [9.17, 15) is 14.9 Å². The maximum atomic E-state index is 11.9. The summed E-state index contributed by atoms with van der Waals surface area (Å²) < 4.78 is 0.829. The Balaban J connectivity index is 2.33. The van der Waals surface area contributed by atoms with Crippen LogP contribution in [0.1, 0.15) is 21.7 Å². The number of benzene rings is 1. The van der Waals surface area contributed by atoms with Gasteiger partial charge < -0.3 is 11.1 Å². The molecule has 7 nitrogen and oxygen atoms in total. The van der Waals surface area contributed by atoms with Gasteiger partial charge in [0.05, 0.1) is 23.1 Å². The lowest BCUT2D eigenvalue weighted by Crippen LogP contribution is -2.16. The second kappa shape index (κ2) is 8.94. The highest BCUT2D eigenvalue weighted by Gasteiger charge is 2.20. The quantitative estimate of drug-likeness (QED) is 0.379. The highest BCUT2D eigenvalue weighted by Crippen LogP contribution is 2.32. The summed E-state index contributed by atoms with van der Waals surface area (Å²) in [6.07, 6.45) is 4.90. The summed E-state index contributed by atoms with van der Waals surface area (Å²) in [5.41, 5.74) is 7.27. The lowest BCUT2D eigenvalue weighted by Gasteiger charge is -2.14. The SMILES string of the molecule is N#Cc1c(C(N)=O)nc2cnc(C([C]=O)=CCBr)cc2c1Nc1cccc(Br)c1. The van der Waals surface area contributed by atoms with Crippen LogP contribution in [0.25, 0.3) is 16.5 Å². The van der Waals surface area contributed by atoms with E-state index in [1.807, 2.05) is 30.6 Å². The fraction of sp³-hybridized carbons (Fsp3) is 0.0500. The van der Waals surface area contributed by atoms with Crippen LogP contribution in [0.4, 0.5) is 11.4 Å². The highest BCUT2D eigenvalue weighted by atomic mass is 79.9. The number of primary amides is 1. The van der Waals surface area contributed by atoms with Crippen molar-refractivity contribution in [3.63, 3.8) is 0 Å². The number of anilines is 2. The van der Waals surface area contributed by atoms with Crippen molar-refractivity contribution in [2.75, 3.05) is 10.6 Å². The molecule has 143 valence electrons. The first-order chi connectivity index (χ1) is 14.0. The summed E-state index contributed by atoms with van der Waals surface area (Å²) in [7, 11) is 0. The van der Waals surface area contributed by atoms with Crippen molar-refractivity contribution in [1.29, 1.82) is 5.26 Å². The van der Waals surface area contributed by atoms with E-state index in [-0.39, 0.29) is 16.8 Å². The Hall–Kier alpha value is -3.09. The number of carbonyl (C=O) groups excluding carboxylic acids is 2. The number of halogens is 2. The predicted octanol–water partition coefficient (Wildman–Crippen LogP) is 3.99. The van der Waals surface area contributed by atoms with Crippen LogP contribution in [-0.4, -0.2) is 27.5 Å². The van der Waals surface area contributed by atoms with Gasteiger partial charge >= 0.3 is 0 Å². The van der Waals surface area contributed by atoms with Crippen molar-refractivity contribution < 1.29 is 9.59 Å². The molecule has 0 atom stereocenters. The van der Waals surface area contributed by atoms with E-state index in [0.717, 1.165) is 4.47 Å². The van der Waals surface area contributed by atoms with Crippen molar-refractivity contribution in [1.82, 2.24) is 9.97 Å². The number of fused-ring (bicyclic) bond motifs is 1. The van der Waals surface area contributed by atoms with Gasteiger partial charge in [-0.1, -0.05) is 44.0 Å². The maximum Gasteiger partial charge on any atom is 0.268 e.